The molecule has 0 bridgehead atoms. The highest BCUT2D eigenvalue weighted by Crippen LogP contribution is 2.12. The van der Waals surface area contributed by atoms with E-state index in [1.807, 2.05) is 0 Å². The predicted octanol–water partition coefficient (Wildman–Crippen LogP) is 1.21. The molecule has 0 atom stereocenters. The van der Waals surface area contributed by atoms with Gasteiger partial charge in [-0.1, -0.05) is 12.1 Å². The fourth-order valence-corrected chi connectivity index (χ4v) is 2.80. The molecule has 0 saturated heterocycles. The monoisotopic (exact) mass is 298 g/mol. The van der Waals surface area contributed by atoms with Crippen molar-refractivity contribution < 1.29 is 12.8 Å². The maximum absolute atomic E-state index is 12.8. The van der Waals surface area contributed by atoms with Gasteiger partial charge >= 0.3 is 0 Å². The molecule has 0 aliphatic carbocycles. The summed E-state index contributed by atoms with van der Waals surface area (Å²) in [5, 5.41) is 6.55. The largest absolute Gasteiger partial charge is 0.263 e. The Morgan fingerprint density at radius 2 is 1.95 bits per heavy atom. The summed E-state index contributed by atoms with van der Waals surface area (Å²) in [5.41, 5.74) is 0.532. The van der Waals surface area contributed by atoms with Gasteiger partial charge in [0.1, 0.15) is 11.6 Å². The van der Waals surface area contributed by atoms with Gasteiger partial charge in [0.2, 0.25) is 10.0 Å². The van der Waals surface area contributed by atoms with Crippen LogP contribution in [0, 0.1) is 12.7 Å². The number of aromatic amines is 1. The summed E-state index contributed by atoms with van der Waals surface area (Å²) < 4.78 is 38.3. The highest BCUT2D eigenvalue weighted by Gasteiger charge is 2.20. The van der Waals surface area contributed by atoms with Crippen LogP contribution in [0.3, 0.4) is 0 Å². The van der Waals surface area contributed by atoms with E-state index in [2.05, 4.69) is 15.2 Å². The smallest absolute Gasteiger partial charge is 0.218 e. The third-order valence-electron chi connectivity index (χ3n) is 2.74. The number of hydrogen-bond donors (Lipinski definition) is 1. The van der Waals surface area contributed by atoms with Crippen LogP contribution in [0.4, 0.5) is 4.39 Å². The Balaban J connectivity index is 2.07. The second-order valence-corrected chi connectivity index (χ2v) is 6.55. The molecule has 0 radical (unpaired) electrons. The van der Waals surface area contributed by atoms with E-state index in [9.17, 15) is 12.8 Å². The summed E-state index contributed by atoms with van der Waals surface area (Å²) in [7, 11) is -2.04. The van der Waals surface area contributed by atoms with E-state index in [4.69, 9.17) is 0 Å². The third-order valence-corrected chi connectivity index (χ3v) is 4.52. The lowest BCUT2D eigenvalue weighted by Gasteiger charge is -2.15. The first-order valence-electron chi connectivity index (χ1n) is 5.93. The molecule has 8 heteroatoms. The van der Waals surface area contributed by atoms with Crippen LogP contribution in [0.1, 0.15) is 17.2 Å². The van der Waals surface area contributed by atoms with E-state index in [1.165, 1.54) is 35.6 Å². The first kappa shape index (κ1) is 14.6. The number of aromatic nitrogens is 3. The van der Waals surface area contributed by atoms with Gasteiger partial charge in [0.05, 0.1) is 12.3 Å². The second kappa shape index (κ2) is 5.68. The van der Waals surface area contributed by atoms with Crippen LogP contribution in [0.5, 0.6) is 0 Å². The van der Waals surface area contributed by atoms with Crippen LogP contribution in [0.15, 0.2) is 24.3 Å². The Hall–Kier alpha value is -1.80. The third kappa shape index (κ3) is 3.61. The number of aryl methyl sites for hydroxylation is 1. The van der Waals surface area contributed by atoms with Crippen molar-refractivity contribution in [3.05, 3.63) is 47.3 Å². The number of sulfonamides is 1. The average molecular weight is 298 g/mol. The van der Waals surface area contributed by atoms with Crippen molar-refractivity contribution in [3.63, 3.8) is 0 Å². The minimum absolute atomic E-state index is 0.0911. The molecule has 1 aromatic heterocycles. The van der Waals surface area contributed by atoms with Crippen molar-refractivity contribution >= 4 is 10.0 Å². The normalized spacial score (nSPS) is 12.0. The molecule has 0 unspecified atom stereocenters. The Labute approximate surface area is 116 Å². The van der Waals surface area contributed by atoms with Crippen molar-refractivity contribution in [3.8, 4) is 0 Å². The van der Waals surface area contributed by atoms with E-state index < -0.39 is 15.8 Å². The maximum atomic E-state index is 12.8. The van der Waals surface area contributed by atoms with Gasteiger partial charge in [-0.05, 0) is 24.6 Å². The molecular weight excluding hydrogens is 283 g/mol. The van der Waals surface area contributed by atoms with Gasteiger partial charge in [-0.25, -0.2) is 17.8 Å². The van der Waals surface area contributed by atoms with Crippen molar-refractivity contribution in [2.75, 3.05) is 7.05 Å². The fourth-order valence-electron chi connectivity index (χ4n) is 1.66. The van der Waals surface area contributed by atoms with Crippen LogP contribution in [-0.2, 0) is 22.3 Å². The molecular formula is C12H15FN4O2S. The molecule has 0 aliphatic rings. The summed E-state index contributed by atoms with van der Waals surface area (Å²) in [6.45, 7) is 1.83. The van der Waals surface area contributed by atoms with Crippen LogP contribution in [-0.4, -0.2) is 35.0 Å². The number of hydrogen-bond acceptors (Lipinski definition) is 4. The lowest BCUT2D eigenvalue weighted by molar-refractivity contribution is 0.456. The van der Waals surface area contributed by atoms with E-state index >= 15 is 0 Å². The number of halogens is 1. The van der Waals surface area contributed by atoms with Gasteiger partial charge in [-0.2, -0.15) is 9.40 Å². The van der Waals surface area contributed by atoms with E-state index in [-0.39, 0.29) is 12.3 Å². The van der Waals surface area contributed by atoms with Crippen LogP contribution >= 0.6 is 0 Å². The summed E-state index contributed by atoms with van der Waals surface area (Å²) in [4.78, 5) is 4.06. The molecule has 2 rings (SSSR count). The first-order valence-corrected chi connectivity index (χ1v) is 7.54. The fraction of sp³-hybridized carbons (Fsp3) is 0.333. The average Bonchev–Trinajstić information content (AvgIpc) is 2.77. The molecule has 2 aromatic rings. The second-order valence-electron chi connectivity index (χ2n) is 4.48. The molecule has 1 heterocycles. The van der Waals surface area contributed by atoms with Gasteiger partial charge in [-0.3, -0.25) is 5.10 Å². The Morgan fingerprint density at radius 1 is 1.30 bits per heavy atom. The highest BCUT2D eigenvalue weighted by atomic mass is 32.2. The Morgan fingerprint density at radius 3 is 2.50 bits per heavy atom. The molecule has 1 N–H and O–H groups in total. The van der Waals surface area contributed by atoms with Gasteiger partial charge in [0.25, 0.3) is 0 Å². The van der Waals surface area contributed by atoms with E-state index in [1.54, 1.807) is 6.92 Å². The Kier molecular flexibility index (Phi) is 4.15. The molecule has 0 aliphatic heterocycles. The first-order chi connectivity index (χ1) is 9.37. The molecule has 20 heavy (non-hydrogen) atoms. The quantitative estimate of drug-likeness (QED) is 0.900. The van der Waals surface area contributed by atoms with Gasteiger partial charge in [0, 0.05) is 7.05 Å². The minimum Gasteiger partial charge on any atom is -0.263 e. The number of H-pyrrole nitrogens is 1. The zero-order valence-electron chi connectivity index (χ0n) is 11.2. The standard InChI is InChI=1S/C12H15FN4O2S/c1-9-14-12(16-15-9)7-17(2)20(18,19)8-10-3-5-11(13)6-4-10/h3-6H,7-8H2,1-2H3,(H,14,15,16). The molecule has 108 valence electrons. The SMILES string of the molecule is Cc1nc(CN(C)S(=O)(=O)Cc2ccc(F)cc2)n[nH]1. The highest BCUT2D eigenvalue weighted by molar-refractivity contribution is 7.88. The molecule has 0 saturated carbocycles. The molecule has 0 spiro atoms. The topological polar surface area (TPSA) is 79.0 Å². The van der Waals surface area contributed by atoms with Crippen LogP contribution < -0.4 is 0 Å². The summed E-state index contributed by atoms with van der Waals surface area (Å²) in [6.07, 6.45) is 0. The lowest BCUT2D eigenvalue weighted by atomic mass is 10.2. The number of rotatable bonds is 5. The number of nitrogens with one attached hydrogen (secondary N) is 1. The number of nitrogens with zero attached hydrogens (tertiary/aromatic N) is 3. The van der Waals surface area contributed by atoms with E-state index in [0.29, 0.717) is 17.2 Å². The molecule has 6 nitrogen and oxygen atoms in total. The zero-order chi connectivity index (χ0) is 14.8. The predicted molar refractivity (Wildman–Crippen MR) is 71.6 cm³/mol. The summed E-state index contributed by atoms with van der Waals surface area (Å²) in [5.74, 6) is 0.459. The van der Waals surface area contributed by atoms with Crippen molar-refractivity contribution in [2.45, 2.75) is 19.2 Å². The minimum atomic E-state index is -3.50. The van der Waals surface area contributed by atoms with E-state index in [0.717, 1.165) is 0 Å². The Bertz CT molecular complexity index is 682. The van der Waals surface area contributed by atoms with Crippen molar-refractivity contribution in [1.29, 1.82) is 0 Å². The maximum Gasteiger partial charge on any atom is 0.218 e. The summed E-state index contributed by atoms with van der Waals surface area (Å²) >= 11 is 0. The molecule has 0 amide bonds. The molecule has 1 aromatic carbocycles. The molecule has 0 fully saturated rings. The van der Waals surface area contributed by atoms with Gasteiger partial charge < -0.3 is 0 Å². The summed E-state index contributed by atoms with van der Waals surface area (Å²) in [6, 6.07) is 5.39. The van der Waals surface area contributed by atoms with Crippen LogP contribution in [0.2, 0.25) is 0 Å². The lowest BCUT2D eigenvalue weighted by Crippen LogP contribution is -2.28. The zero-order valence-corrected chi connectivity index (χ0v) is 12.0. The van der Waals surface area contributed by atoms with Gasteiger partial charge in [0.15, 0.2) is 5.82 Å². The number of benzene rings is 1. The van der Waals surface area contributed by atoms with Crippen molar-refractivity contribution in [1.82, 2.24) is 19.5 Å². The van der Waals surface area contributed by atoms with Crippen molar-refractivity contribution in [2.24, 2.45) is 0 Å². The van der Waals surface area contributed by atoms with Crippen LogP contribution in [0.25, 0.3) is 0 Å². The van der Waals surface area contributed by atoms with Gasteiger partial charge in [-0.15, -0.1) is 0 Å².